The SMILES string of the molecule is CC(=O)N[C@@H](C(=O)N[C@@H](C(=O)O)C(C)C)C(C)C. The van der Waals surface area contributed by atoms with Gasteiger partial charge in [0.2, 0.25) is 11.8 Å². The number of amides is 2. The minimum Gasteiger partial charge on any atom is -0.480 e. The fourth-order valence-electron chi connectivity index (χ4n) is 1.51. The lowest BCUT2D eigenvalue weighted by molar-refractivity contribution is -0.143. The Bertz CT molecular complexity index is 326. The van der Waals surface area contributed by atoms with Crippen LogP contribution in [0, 0.1) is 11.8 Å². The molecule has 3 N–H and O–H groups in total. The van der Waals surface area contributed by atoms with Gasteiger partial charge in [0.1, 0.15) is 12.1 Å². The molecule has 0 aliphatic heterocycles. The first-order chi connectivity index (χ1) is 8.16. The number of hydrogen-bond acceptors (Lipinski definition) is 3. The summed E-state index contributed by atoms with van der Waals surface area (Å²) < 4.78 is 0. The first kappa shape index (κ1) is 16.4. The van der Waals surface area contributed by atoms with Gasteiger partial charge in [-0.05, 0) is 11.8 Å². The average molecular weight is 258 g/mol. The van der Waals surface area contributed by atoms with Crippen LogP contribution in [0.15, 0.2) is 0 Å². The predicted molar refractivity (Wildman–Crippen MR) is 66.8 cm³/mol. The fraction of sp³-hybridized carbons (Fsp3) is 0.750. The van der Waals surface area contributed by atoms with Crippen molar-refractivity contribution in [1.29, 1.82) is 0 Å². The predicted octanol–water partition coefficient (Wildman–Crippen LogP) is 0.372. The van der Waals surface area contributed by atoms with Crippen molar-refractivity contribution in [3.63, 3.8) is 0 Å². The quantitative estimate of drug-likeness (QED) is 0.641. The molecule has 0 unspecified atom stereocenters. The smallest absolute Gasteiger partial charge is 0.326 e. The van der Waals surface area contributed by atoms with Gasteiger partial charge in [-0.3, -0.25) is 9.59 Å². The van der Waals surface area contributed by atoms with Crippen LogP contribution in [0.2, 0.25) is 0 Å². The summed E-state index contributed by atoms with van der Waals surface area (Å²) in [6.45, 7) is 8.31. The molecular formula is C12H22N2O4. The Hall–Kier alpha value is -1.59. The molecule has 2 amide bonds. The molecule has 0 radical (unpaired) electrons. The molecule has 0 bridgehead atoms. The standard InChI is InChI=1S/C12H22N2O4/c1-6(2)9(13-8(5)15)11(16)14-10(7(3)4)12(17)18/h6-7,9-10H,1-5H3,(H,13,15)(H,14,16)(H,17,18)/t9-,10-/m1/s1. The Morgan fingerprint density at radius 1 is 0.889 bits per heavy atom. The second-order valence-corrected chi connectivity index (χ2v) is 4.99. The highest BCUT2D eigenvalue weighted by molar-refractivity contribution is 5.90. The second-order valence-electron chi connectivity index (χ2n) is 4.99. The molecule has 0 aromatic carbocycles. The van der Waals surface area contributed by atoms with E-state index in [1.54, 1.807) is 27.7 Å². The lowest BCUT2D eigenvalue weighted by Gasteiger charge is -2.24. The fourth-order valence-corrected chi connectivity index (χ4v) is 1.51. The molecule has 104 valence electrons. The van der Waals surface area contributed by atoms with Gasteiger partial charge >= 0.3 is 5.97 Å². The summed E-state index contributed by atoms with van der Waals surface area (Å²) in [6, 6.07) is -1.67. The molecule has 0 aromatic rings. The summed E-state index contributed by atoms with van der Waals surface area (Å²) in [5.74, 6) is -2.21. The largest absolute Gasteiger partial charge is 0.480 e. The number of nitrogens with one attached hydrogen (secondary N) is 2. The van der Waals surface area contributed by atoms with Crippen LogP contribution in [0.4, 0.5) is 0 Å². The Morgan fingerprint density at radius 3 is 1.61 bits per heavy atom. The van der Waals surface area contributed by atoms with Gasteiger partial charge in [-0.25, -0.2) is 4.79 Å². The van der Waals surface area contributed by atoms with Crippen molar-refractivity contribution >= 4 is 17.8 Å². The first-order valence-corrected chi connectivity index (χ1v) is 5.97. The molecule has 0 aliphatic rings. The number of carbonyl (C=O) groups is 3. The van der Waals surface area contributed by atoms with Crippen LogP contribution >= 0.6 is 0 Å². The van der Waals surface area contributed by atoms with Crippen LogP contribution in [-0.2, 0) is 14.4 Å². The molecular weight excluding hydrogens is 236 g/mol. The lowest BCUT2D eigenvalue weighted by Crippen LogP contribution is -2.54. The lowest BCUT2D eigenvalue weighted by atomic mass is 10.0. The molecule has 2 atom stereocenters. The molecule has 6 nitrogen and oxygen atoms in total. The third kappa shape index (κ3) is 5.16. The maximum atomic E-state index is 12.0. The van der Waals surface area contributed by atoms with Crippen molar-refractivity contribution in [2.24, 2.45) is 11.8 Å². The number of aliphatic carboxylic acids is 1. The van der Waals surface area contributed by atoms with Crippen molar-refractivity contribution < 1.29 is 19.5 Å². The normalized spacial score (nSPS) is 14.2. The van der Waals surface area contributed by atoms with Crippen LogP contribution in [0.3, 0.4) is 0 Å². The molecule has 0 saturated heterocycles. The number of rotatable bonds is 6. The highest BCUT2D eigenvalue weighted by atomic mass is 16.4. The molecule has 18 heavy (non-hydrogen) atoms. The van der Waals surface area contributed by atoms with Gasteiger partial charge < -0.3 is 15.7 Å². The molecule has 0 fully saturated rings. The van der Waals surface area contributed by atoms with Gasteiger partial charge in [-0.2, -0.15) is 0 Å². The Morgan fingerprint density at radius 2 is 1.33 bits per heavy atom. The number of hydrogen-bond donors (Lipinski definition) is 3. The number of carboxylic acid groups (broad SMARTS) is 1. The third-order valence-electron chi connectivity index (χ3n) is 2.54. The average Bonchev–Trinajstić information content (AvgIpc) is 2.20. The summed E-state index contributed by atoms with van der Waals surface area (Å²) in [7, 11) is 0. The van der Waals surface area contributed by atoms with Gasteiger partial charge in [0.05, 0.1) is 0 Å². The van der Waals surface area contributed by atoms with E-state index in [1.165, 1.54) is 6.92 Å². The van der Waals surface area contributed by atoms with Crippen LogP contribution in [0.5, 0.6) is 0 Å². The molecule has 0 heterocycles. The van der Waals surface area contributed by atoms with Crippen LogP contribution in [0.25, 0.3) is 0 Å². The minimum absolute atomic E-state index is 0.115. The maximum absolute atomic E-state index is 12.0. The van der Waals surface area contributed by atoms with Gasteiger partial charge in [0, 0.05) is 6.92 Å². The summed E-state index contributed by atoms with van der Waals surface area (Å²) in [6.07, 6.45) is 0. The maximum Gasteiger partial charge on any atom is 0.326 e. The van der Waals surface area contributed by atoms with E-state index in [0.29, 0.717) is 0 Å². The van der Waals surface area contributed by atoms with E-state index in [2.05, 4.69) is 10.6 Å². The minimum atomic E-state index is -1.08. The topological polar surface area (TPSA) is 95.5 Å². The Labute approximate surface area is 107 Å². The second kappa shape index (κ2) is 6.98. The van der Waals surface area contributed by atoms with Crippen molar-refractivity contribution in [1.82, 2.24) is 10.6 Å². The molecule has 0 saturated carbocycles. The monoisotopic (exact) mass is 258 g/mol. The zero-order valence-corrected chi connectivity index (χ0v) is 11.5. The molecule has 0 aromatic heterocycles. The molecule has 0 spiro atoms. The number of carboxylic acids is 1. The highest BCUT2D eigenvalue weighted by Gasteiger charge is 2.29. The summed E-state index contributed by atoms with van der Waals surface area (Å²) >= 11 is 0. The highest BCUT2D eigenvalue weighted by Crippen LogP contribution is 2.06. The first-order valence-electron chi connectivity index (χ1n) is 5.97. The molecule has 0 rings (SSSR count). The van der Waals surface area contributed by atoms with Gasteiger partial charge in [-0.1, -0.05) is 27.7 Å². The van der Waals surface area contributed by atoms with E-state index in [1.807, 2.05) is 0 Å². The van der Waals surface area contributed by atoms with Crippen LogP contribution in [-0.4, -0.2) is 35.0 Å². The summed E-state index contributed by atoms with van der Waals surface area (Å²) in [5.41, 5.74) is 0. The van der Waals surface area contributed by atoms with Crippen molar-refractivity contribution in [3.05, 3.63) is 0 Å². The van der Waals surface area contributed by atoms with E-state index in [-0.39, 0.29) is 17.7 Å². The third-order valence-corrected chi connectivity index (χ3v) is 2.54. The van der Waals surface area contributed by atoms with Gasteiger partial charge in [0.15, 0.2) is 0 Å². The zero-order valence-electron chi connectivity index (χ0n) is 11.5. The Kier molecular flexibility index (Phi) is 6.36. The Balaban J connectivity index is 4.77. The van der Waals surface area contributed by atoms with Crippen LogP contribution in [0.1, 0.15) is 34.6 Å². The van der Waals surface area contributed by atoms with E-state index in [9.17, 15) is 14.4 Å². The van der Waals surface area contributed by atoms with Crippen molar-refractivity contribution in [2.75, 3.05) is 0 Å². The van der Waals surface area contributed by atoms with Gasteiger partial charge in [-0.15, -0.1) is 0 Å². The van der Waals surface area contributed by atoms with E-state index >= 15 is 0 Å². The van der Waals surface area contributed by atoms with Crippen molar-refractivity contribution in [2.45, 2.75) is 46.7 Å². The van der Waals surface area contributed by atoms with Gasteiger partial charge in [0.25, 0.3) is 0 Å². The molecule has 0 aliphatic carbocycles. The van der Waals surface area contributed by atoms with E-state index < -0.39 is 24.0 Å². The van der Waals surface area contributed by atoms with Crippen molar-refractivity contribution in [3.8, 4) is 0 Å². The zero-order chi connectivity index (χ0) is 14.5. The number of carbonyl (C=O) groups excluding carboxylic acids is 2. The summed E-state index contributed by atoms with van der Waals surface area (Å²) in [4.78, 5) is 33.9. The van der Waals surface area contributed by atoms with E-state index in [4.69, 9.17) is 5.11 Å². The molecule has 6 heteroatoms. The summed E-state index contributed by atoms with van der Waals surface area (Å²) in [5, 5.41) is 14.0. The van der Waals surface area contributed by atoms with E-state index in [0.717, 1.165) is 0 Å². The van der Waals surface area contributed by atoms with Crippen LogP contribution < -0.4 is 10.6 Å².